The van der Waals surface area contributed by atoms with Crippen LogP contribution < -0.4 is 0 Å². The quantitative estimate of drug-likeness (QED) is 0.133. The summed E-state index contributed by atoms with van der Waals surface area (Å²) in [5.41, 5.74) is -7.29. The Morgan fingerprint density at radius 1 is 0.619 bits per heavy atom. The van der Waals surface area contributed by atoms with Crippen LogP contribution in [-0.2, 0) is 43.5 Å². The van der Waals surface area contributed by atoms with Gasteiger partial charge in [0.2, 0.25) is 0 Å². The van der Waals surface area contributed by atoms with Crippen molar-refractivity contribution in [1.82, 2.24) is 9.97 Å². The van der Waals surface area contributed by atoms with Crippen LogP contribution in [0.5, 0.6) is 0 Å². The maximum Gasteiger partial charge on any atom is 2.00 e. The predicted molar refractivity (Wildman–Crippen MR) is 139 cm³/mol. The van der Waals surface area contributed by atoms with Crippen molar-refractivity contribution < 1.29 is 51.8 Å². The molecule has 0 radical (unpaired) electrons. The molecule has 222 valence electrons. The van der Waals surface area contributed by atoms with Gasteiger partial charge in [0.1, 0.15) is 0 Å². The van der Waals surface area contributed by atoms with Gasteiger partial charge in [0.25, 0.3) is 0 Å². The molecule has 0 saturated carbocycles. The summed E-state index contributed by atoms with van der Waals surface area (Å²) in [5.74, 6) is -5.97. The summed E-state index contributed by atoms with van der Waals surface area (Å²) in [4.78, 5) is 9.27. The van der Waals surface area contributed by atoms with Crippen molar-refractivity contribution in [3.8, 4) is 11.3 Å². The minimum Gasteiger partial charge on any atom is -0.300 e. The minimum absolute atomic E-state index is 0. The number of benzene rings is 2. The molecule has 2 nitrogen and oxygen atoms in total. The molecule has 1 aliphatic rings. The third-order valence-electron chi connectivity index (χ3n) is 7.94. The summed E-state index contributed by atoms with van der Waals surface area (Å²) in [6.45, 7) is 9.35. The van der Waals surface area contributed by atoms with Crippen LogP contribution in [-0.4, -0.2) is 9.97 Å². The molecule has 1 aliphatic heterocycles. The van der Waals surface area contributed by atoms with Crippen molar-refractivity contribution in [1.29, 1.82) is 0 Å². The first-order valence-electron chi connectivity index (χ1n) is 12.8. The smallest absolute Gasteiger partial charge is 0.300 e. The Hall–Kier alpha value is -3.06. The summed E-state index contributed by atoms with van der Waals surface area (Å²) >= 11 is 0. The largest absolute Gasteiger partial charge is 2.00 e. The Labute approximate surface area is 253 Å². The van der Waals surface area contributed by atoms with Crippen LogP contribution >= 0.6 is 0 Å². The minimum atomic E-state index is -5.44. The van der Waals surface area contributed by atoms with Crippen molar-refractivity contribution in [3.63, 3.8) is 0 Å². The molecule has 0 amide bonds. The molecule has 0 atom stereocenters. The van der Waals surface area contributed by atoms with Crippen molar-refractivity contribution >= 4 is 0 Å². The van der Waals surface area contributed by atoms with E-state index in [1.165, 1.54) is 26.0 Å². The summed E-state index contributed by atoms with van der Waals surface area (Å²) in [6.07, 6.45) is -5.44. The second-order valence-corrected chi connectivity index (χ2v) is 11.8. The van der Waals surface area contributed by atoms with Crippen LogP contribution in [0.15, 0.2) is 42.5 Å². The van der Waals surface area contributed by atoms with Crippen molar-refractivity contribution in [2.45, 2.75) is 64.0 Å². The average Bonchev–Trinajstić information content (AvgIpc) is 2.87. The van der Waals surface area contributed by atoms with Crippen molar-refractivity contribution in [3.05, 3.63) is 117 Å². The first-order valence-corrected chi connectivity index (χ1v) is 12.8. The fraction of sp³-hybridized carbons (Fsp3) is 0.312. The number of fused-ring (bicyclic) bond motifs is 9. The van der Waals surface area contributed by atoms with E-state index in [9.17, 15) is 13.2 Å². The Morgan fingerprint density at radius 3 is 1.69 bits per heavy atom. The van der Waals surface area contributed by atoms with Gasteiger partial charge < -0.3 is 4.98 Å². The SMILES string of the molecule is CC1(C)c2cccc(n2)-c2[c-]c(c(F)c(C(F)(F)F)c2F)C(C)(C)c2[c-]c(c(F)cc2F)C(C)(C)c2cccc1n2.[Pt+2]. The van der Waals surface area contributed by atoms with E-state index in [0.29, 0.717) is 23.1 Å². The number of rotatable bonds is 0. The molecule has 42 heavy (non-hydrogen) atoms. The zero-order chi connectivity index (χ0) is 30.3. The number of aromatic nitrogens is 2. The molecule has 5 rings (SSSR count). The monoisotopic (exact) mass is 765 g/mol. The molecule has 10 heteroatoms. The second kappa shape index (κ2) is 10.3. The molecular formula is C32H25F7N2Pt. The molecule has 4 aromatic rings. The van der Waals surface area contributed by atoms with Gasteiger partial charge in [-0.1, -0.05) is 57.0 Å². The zero-order valence-electron chi connectivity index (χ0n) is 23.4. The maximum absolute atomic E-state index is 15.7. The van der Waals surface area contributed by atoms with E-state index >= 15 is 17.6 Å². The standard InChI is InChI=1S/C32H25F7N2.Pt/c1-29(2)17-14-18(21(34)15-20(17)33)30(3,4)23-11-8-12-25(41-23)31(5,6)24-10-7-9-22(40-24)16-13-19(29)28(36)26(27(16)35)32(37,38)39;/h7-12,15H,1-6H3;/q-2;+2. The topological polar surface area (TPSA) is 25.8 Å². The predicted octanol–water partition coefficient (Wildman–Crippen LogP) is 8.61. The van der Waals surface area contributed by atoms with Gasteiger partial charge in [0, 0.05) is 39.4 Å². The van der Waals surface area contributed by atoms with Gasteiger partial charge >= 0.3 is 27.2 Å². The number of pyridine rings is 2. The molecule has 0 spiro atoms. The normalized spacial score (nSPS) is 16.6. The Morgan fingerprint density at radius 2 is 1.12 bits per heavy atom. The number of halogens is 7. The number of alkyl halides is 3. The van der Waals surface area contributed by atoms with Crippen LogP contribution in [0.2, 0.25) is 0 Å². The van der Waals surface area contributed by atoms with Crippen LogP contribution in [0.3, 0.4) is 0 Å². The van der Waals surface area contributed by atoms with E-state index in [1.807, 2.05) is 0 Å². The molecule has 0 unspecified atom stereocenters. The van der Waals surface area contributed by atoms with Gasteiger partial charge in [-0.15, -0.1) is 23.3 Å². The van der Waals surface area contributed by atoms with Gasteiger partial charge in [-0.3, -0.25) is 22.5 Å². The van der Waals surface area contributed by atoms with E-state index in [1.54, 1.807) is 52.0 Å². The van der Waals surface area contributed by atoms with Gasteiger partial charge in [-0.2, -0.15) is 19.2 Å². The van der Waals surface area contributed by atoms with E-state index < -0.39 is 67.9 Å². The molecule has 2 aromatic heterocycles. The van der Waals surface area contributed by atoms with Crippen molar-refractivity contribution in [2.75, 3.05) is 0 Å². The summed E-state index contributed by atoms with van der Waals surface area (Å²) < 4.78 is 104. The number of hydrogen-bond donors (Lipinski definition) is 0. The zero-order valence-corrected chi connectivity index (χ0v) is 25.7. The molecule has 8 bridgehead atoms. The van der Waals surface area contributed by atoms with E-state index in [0.717, 1.165) is 0 Å². The molecular weight excluding hydrogens is 740 g/mol. The molecule has 0 fully saturated rings. The van der Waals surface area contributed by atoms with E-state index in [2.05, 4.69) is 17.1 Å². The van der Waals surface area contributed by atoms with Crippen LogP contribution in [0.25, 0.3) is 11.3 Å². The van der Waals surface area contributed by atoms with Crippen molar-refractivity contribution in [2.24, 2.45) is 0 Å². The van der Waals surface area contributed by atoms with E-state index in [4.69, 9.17) is 4.98 Å². The van der Waals surface area contributed by atoms with Gasteiger partial charge in [0.05, 0.1) is 17.3 Å². The Kier molecular flexibility index (Phi) is 7.80. The summed E-state index contributed by atoms with van der Waals surface area (Å²) in [5, 5.41) is 0. The Balaban J connectivity index is 0.00000405. The molecule has 2 aromatic carbocycles. The third kappa shape index (κ3) is 4.87. The first-order chi connectivity index (χ1) is 18.9. The Bertz CT molecular complexity index is 1710. The molecule has 0 saturated heterocycles. The number of hydrogen-bond acceptors (Lipinski definition) is 2. The maximum atomic E-state index is 15.7. The number of nitrogens with zero attached hydrogens (tertiary/aromatic N) is 2. The van der Waals surface area contributed by atoms with Gasteiger partial charge in [-0.25, -0.2) is 0 Å². The third-order valence-corrected chi connectivity index (χ3v) is 7.94. The average molecular weight is 766 g/mol. The molecule has 0 aliphatic carbocycles. The van der Waals surface area contributed by atoms with Crippen LogP contribution in [0, 0.1) is 35.4 Å². The summed E-state index contributed by atoms with van der Waals surface area (Å²) in [6, 6.07) is 15.3. The van der Waals surface area contributed by atoms with Gasteiger partial charge in [-0.05, 0) is 43.2 Å². The fourth-order valence-electron chi connectivity index (χ4n) is 5.28. The molecule has 0 N–H and O–H groups in total. The van der Waals surface area contributed by atoms with Crippen LogP contribution in [0.1, 0.15) is 80.9 Å². The summed E-state index contributed by atoms with van der Waals surface area (Å²) in [7, 11) is 0. The first kappa shape index (κ1) is 31.9. The van der Waals surface area contributed by atoms with E-state index in [-0.39, 0.29) is 32.3 Å². The van der Waals surface area contributed by atoms with Gasteiger partial charge in [0.15, 0.2) is 0 Å². The fourth-order valence-corrected chi connectivity index (χ4v) is 5.28. The second-order valence-electron chi connectivity index (χ2n) is 11.8. The van der Waals surface area contributed by atoms with Crippen LogP contribution in [0.4, 0.5) is 30.7 Å². The molecule has 3 heterocycles.